The molecule has 1 aromatic heterocycles. The average Bonchev–Trinajstić information content (AvgIpc) is 3.34. The highest BCUT2D eigenvalue weighted by Crippen LogP contribution is 2.24. The SMILES string of the molecule is CC(C)(C)OC(=O)c1ccc(-c2ccc(C(=O)Nc3ccc(C(=O)c4ccccc4)cc3)cc2)o1. The molecule has 6 heteroatoms. The van der Waals surface area contributed by atoms with E-state index in [-0.39, 0.29) is 17.5 Å². The van der Waals surface area contributed by atoms with E-state index < -0.39 is 11.6 Å². The highest BCUT2D eigenvalue weighted by atomic mass is 16.6. The Kier molecular flexibility index (Phi) is 6.64. The van der Waals surface area contributed by atoms with Crippen LogP contribution in [0.4, 0.5) is 5.69 Å². The van der Waals surface area contributed by atoms with Crippen LogP contribution in [-0.4, -0.2) is 23.3 Å². The van der Waals surface area contributed by atoms with Gasteiger partial charge in [-0.1, -0.05) is 42.5 Å². The number of esters is 1. The van der Waals surface area contributed by atoms with Gasteiger partial charge in [-0.15, -0.1) is 0 Å². The van der Waals surface area contributed by atoms with E-state index >= 15 is 0 Å². The molecule has 1 amide bonds. The van der Waals surface area contributed by atoms with Crippen molar-refractivity contribution < 1.29 is 23.5 Å². The second-order valence-electron chi connectivity index (χ2n) is 8.97. The fourth-order valence-electron chi connectivity index (χ4n) is 3.38. The molecular weight excluding hydrogens is 442 g/mol. The van der Waals surface area contributed by atoms with Crippen molar-refractivity contribution in [3.63, 3.8) is 0 Å². The standard InChI is InChI=1S/C29H25NO5/c1-29(2,3)35-28(33)25-18-17-24(34-25)19-9-11-22(12-10-19)27(32)30-23-15-13-21(14-16-23)26(31)20-7-5-4-6-8-20/h4-18H,1-3H3,(H,30,32). The summed E-state index contributed by atoms with van der Waals surface area (Å²) < 4.78 is 11.0. The van der Waals surface area contributed by atoms with Crippen LogP contribution in [0.1, 0.15) is 57.6 Å². The molecule has 0 aliphatic heterocycles. The van der Waals surface area contributed by atoms with E-state index in [0.29, 0.717) is 28.1 Å². The molecule has 0 aliphatic carbocycles. The third-order valence-corrected chi connectivity index (χ3v) is 5.08. The summed E-state index contributed by atoms with van der Waals surface area (Å²) in [6.45, 7) is 5.37. The summed E-state index contributed by atoms with van der Waals surface area (Å²) in [5, 5.41) is 2.83. The summed E-state index contributed by atoms with van der Waals surface area (Å²) >= 11 is 0. The van der Waals surface area contributed by atoms with Gasteiger partial charge in [0.1, 0.15) is 11.4 Å². The van der Waals surface area contributed by atoms with Crippen molar-refractivity contribution in [1.29, 1.82) is 0 Å². The smallest absolute Gasteiger partial charge is 0.374 e. The van der Waals surface area contributed by atoms with Crippen LogP contribution in [0.2, 0.25) is 0 Å². The van der Waals surface area contributed by atoms with Crippen molar-refractivity contribution >= 4 is 23.3 Å². The number of rotatable bonds is 6. The number of hydrogen-bond donors (Lipinski definition) is 1. The van der Waals surface area contributed by atoms with Gasteiger partial charge >= 0.3 is 5.97 Å². The minimum atomic E-state index is -0.614. The summed E-state index contributed by atoms with van der Waals surface area (Å²) in [5.41, 5.74) is 2.30. The molecule has 0 saturated carbocycles. The molecular formula is C29H25NO5. The van der Waals surface area contributed by atoms with Gasteiger partial charge in [0.2, 0.25) is 5.76 Å². The van der Waals surface area contributed by atoms with Gasteiger partial charge in [-0.3, -0.25) is 9.59 Å². The van der Waals surface area contributed by atoms with Crippen LogP contribution < -0.4 is 5.32 Å². The second kappa shape index (κ2) is 9.81. The van der Waals surface area contributed by atoms with Crippen molar-refractivity contribution in [2.24, 2.45) is 0 Å². The Labute approximate surface area is 203 Å². The molecule has 0 aliphatic rings. The first-order valence-corrected chi connectivity index (χ1v) is 11.1. The predicted octanol–water partition coefficient (Wildman–Crippen LogP) is 6.39. The lowest BCUT2D eigenvalue weighted by Gasteiger charge is -2.18. The Morgan fingerprint density at radius 3 is 1.94 bits per heavy atom. The van der Waals surface area contributed by atoms with E-state index in [0.717, 1.165) is 5.56 Å². The number of benzene rings is 3. The third kappa shape index (κ3) is 5.92. The van der Waals surface area contributed by atoms with Gasteiger partial charge in [0.05, 0.1) is 0 Å². The Hall–Kier alpha value is -4.45. The van der Waals surface area contributed by atoms with E-state index in [9.17, 15) is 14.4 Å². The van der Waals surface area contributed by atoms with Crippen molar-refractivity contribution in [3.05, 3.63) is 113 Å². The van der Waals surface area contributed by atoms with Gasteiger partial charge in [-0.05, 0) is 69.3 Å². The van der Waals surface area contributed by atoms with Gasteiger partial charge < -0.3 is 14.5 Å². The van der Waals surface area contributed by atoms with E-state index in [4.69, 9.17) is 9.15 Å². The average molecular weight is 468 g/mol. The lowest BCUT2D eigenvalue weighted by Crippen LogP contribution is -2.23. The Bertz CT molecular complexity index is 1340. The number of ether oxygens (including phenoxy) is 1. The number of amides is 1. The van der Waals surface area contributed by atoms with Crippen molar-refractivity contribution in [1.82, 2.24) is 0 Å². The lowest BCUT2D eigenvalue weighted by atomic mass is 10.0. The topological polar surface area (TPSA) is 85.6 Å². The predicted molar refractivity (Wildman–Crippen MR) is 134 cm³/mol. The Balaban J connectivity index is 1.40. The van der Waals surface area contributed by atoms with Gasteiger partial charge in [0.15, 0.2) is 5.78 Å². The third-order valence-electron chi connectivity index (χ3n) is 5.08. The number of anilines is 1. The molecule has 1 heterocycles. The maximum absolute atomic E-state index is 12.7. The highest BCUT2D eigenvalue weighted by Gasteiger charge is 2.21. The van der Waals surface area contributed by atoms with Crippen molar-refractivity contribution in [2.45, 2.75) is 26.4 Å². The number of furan rings is 1. The Morgan fingerprint density at radius 1 is 0.714 bits per heavy atom. The first kappa shape index (κ1) is 23.7. The van der Waals surface area contributed by atoms with Crippen molar-refractivity contribution in [3.8, 4) is 11.3 Å². The molecule has 176 valence electrons. The van der Waals surface area contributed by atoms with Gasteiger partial charge in [-0.2, -0.15) is 0 Å². The van der Waals surface area contributed by atoms with Crippen LogP contribution in [0.15, 0.2) is 95.4 Å². The lowest BCUT2D eigenvalue weighted by molar-refractivity contribution is 0.00367. The highest BCUT2D eigenvalue weighted by molar-refractivity contribution is 6.09. The number of carbonyl (C=O) groups is 3. The molecule has 4 aromatic rings. The van der Waals surface area contributed by atoms with Crippen LogP contribution >= 0.6 is 0 Å². The van der Waals surface area contributed by atoms with E-state index in [1.807, 2.05) is 18.2 Å². The van der Waals surface area contributed by atoms with Crippen LogP contribution in [-0.2, 0) is 4.74 Å². The molecule has 0 spiro atoms. The first-order valence-electron chi connectivity index (χ1n) is 11.1. The minimum absolute atomic E-state index is 0.0770. The summed E-state index contributed by atoms with van der Waals surface area (Å²) in [7, 11) is 0. The fraction of sp³-hybridized carbons (Fsp3) is 0.138. The molecule has 0 radical (unpaired) electrons. The summed E-state index contributed by atoms with van der Waals surface area (Å²) in [5.74, 6) is -0.280. The molecule has 0 fully saturated rings. The summed E-state index contributed by atoms with van der Waals surface area (Å²) in [6, 6.07) is 25.9. The van der Waals surface area contributed by atoms with E-state index in [2.05, 4.69) is 5.32 Å². The molecule has 4 rings (SSSR count). The molecule has 0 saturated heterocycles. The molecule has 35 heavy (non-hydrogen) atoms. The number of hydrogen-bond acceptors (Lipinski definition) is 5. The van der Waals surface area contributed by atoms with E-state index in [1.165, 1.54) is 0 Å². The van der Waals surface area contributed by atoms with Gasteiger partial charge in [0.25, 0.3) is 5.91 Å². The van der Waals surface area contributed by atoms with Crippen LogP contribution in [0.3, 0.4) is 0 Å². The van der Waals surface area contributed by atoms with Crippen molar-refractivity contribution in [2.75, 3.05) is 5.32 Å². The second-order valence-corrected chi connectivity index (χ2v) is 8.97. The van der Waals surface area contributed by atoms with Gasteiger partial charge in [0, 0.05) is 27.9 Å². The van der Waals surface area contributed by atoms with Crippen LogP contribution in [0, 0.1) is 0 Å². The molecule has 6 nitrogen and oxygen atoms in total. The van der Waals surface area contributed by atoms with Crippen LogP contribution in [0.5, 0.6) is 0 Å². The number of nitrogens with one attached hydrogen (secondary N) is 1. The molecule has 1 N–H and O–H groups in total. The normalized spacial score (nSPS) is 11.1. The zero-order valence-electron chi connectivity index (χ0n) is 19.7. The molecule has 0 atom stereocenters. The number of ketones is 1. The largest absolute Gasteiger partial charge is 0.454 e. The fourth-order valence-corrected chi connectivity index (χ4v) is 3.38. The number of carbonyl (C=O) groups excluding carboxylic acids is 3. The zero-order valence-corrected chi connectivity index (χ0v) is 19.7. The van der Waals surface area contributed by atoms with E-state index in [1.54, 1.807) is 93.6 Å². The summed E-state index contributed by atoms with van der Waals surface area (Å²) in [4.78, 5) is 37.4. The summed E-state index contributed by atoms with van der Waals surface area (Å²) in [6.07, 6.45) is 0. The van der Waals surface area contributed by atoms with Gasteiger partial charge in [-0.25, -0.2) is 4.79 Å². The minimum Gasteiger partial charge on any atom is -0.454 e. The maximum Gasteiger partial charge on any atom is 0.374 e. The Morgan fingerprint density at radius 2 is 1.31 bits per heavy atom. The zero-order chi connectivity index (χ0) is 25.0. The molecule has 0 unspecified atom stereocenters. The monoisotopic (exact) mass is 467 g/mol. The maximum atomic E-state index is 12.7. The quantitative estimate of drug-likeness (QED) is 0.262. The first-order chi connectivity index (χ1) is 16.7. The molecule has 0 bridgehead atoms. The molecule has 3 aromatic carbocycles. The van der Waals surface area contributed by atoms with Crippen LogP contribution in [0.25, 0.3) is 11.3 Å².